The topological polar surface area (TPSA) is 57.8 Å². The molecule has 0 bridgehead atoms. The van der Waals surface area contributed by atoms with Gasteiger partial charge in [0.05, 0.1) is 0 Å². The van der Waals surface area contributed by atoms with Crippen LogP contribution in [0.25, 0.3) is 0 Å². The number of nitrogens with one attached hydrogen (secondary N) is 2. The molecule has 1 atom stereocenters. The first kappa shape index (κ1) is 10.2. The summed E-state index contributed by atoms with van der Waals surface area (Å²) < 4.78 is 0. The zero-order valence-corrected chi connectivity index (χ0v) is 8.97. The smallest absolute Gasteiger partial charge is 0.269 e. The van der Waals surface area contributed by atoms with Crippen molar-refractivity contribution in [3.8, 4) is 0 Å². The molecule has 1 aromatic heterocycles. The standard InChI is InChI=1S/C8H12BrN3O/c1-2-6(9)5-10-8(13)7-3-4-11-12-7/h3-4,6H,2,5H2,1H3,(H,10,13)(H,11,12). The zero-order chi connectivity index (χ0) is 9.68. The van der Waals surface area contributed by atoms with Crippen molar-refractivity contribution in [1.82, 2.24) is 15.5 Å². The number of aromatic nitrogens is 2. The first-order valence-corrected chi connectivity index (χ1v) is 5.07. The minimum atomic E-state index is -0.115. The molecular weight excluding hydrogens is 234 g/mol. The minimum Gasteiger partial charge on any atom is -0.350 e. The third kappa shape index (κ3) is 3.18. The van der Waals surface area contributed by atoms with Crippen molar-refractivity contribution in [2.45, 2.75) is 18.2 Å². The van der Waals surface area contributed by atoms with Crippen molar-refractivity contribution < 1.29 is 4.79 Å². The van der Waals surface area contributed by atoms with E-state index >= 15 is 0 Å². The maximum absolute atomic E-state index is 11.3. The van der Waals surface area contributed by atoms with E-state index in [4.69, 9.17) is 0 Å². The maximum Gasteiger partial charge on any atom is 0.269 e. The van der Waals surface area contributed by atoms with E-state index in [0.717, 1.165) is 6.42 Å². The van der Waals surface area contributed by atoms with Crippen LogP contribution in [-0.4, -0.2) is 27.5 Å². The van der Waals surface area contributed by atoms with Gasteiger partial charge in [0.15, 0.2) is 0 Å². The molecule has 72 valence electrons. The van der Waals surface area contributed by atoms with Crippen molar-refractivity contribution in [1.29, 1.82) is 0 Å². The van der Waals surface area contributed by atoms with Crippen molar-refractivity contribution in [3.05, 3.63) is 18.0 Å². The van der Waals surface area contributed by atoms with Gasteiger partial charge in [0.25, 0.3) is 5.91 Å². The lowest BCUT2D eigenvalue weighted by atomic mass is 10.3. The van der Waals surface area contributed by atoms with Gasteiger partial charge in [-0.3, -0.25) is 9.89 Å². The van der Waals surface area contributed by atoms with Crippen LogP contribution in [0.2, 0.25) is 0 Å². The summed E-state index contributed by atoms with van der Waals surface area (Å²) in [7, 11) is 0. The number of hydrogen-bond donors (Lipinski definition) is 2. The van der Waals surface area contributed by atoms with Crippen molar-refractivity contribution >= 4 is 21.8 Å². The summed E-state index contributed by atoms with van der Waals surface area (Å²) in [6.45, 7) is 2.69. The zero-order valence-electron chi connectivity index (χ0n) is 7.38. The number of aromatic amines is 1. The van der Waals surface area contributed by atoms with Crippen LogP contribution >= 0.6 is 15.9 Å². The summed E-state index contributed by atoms with van der Waals surface area (Å²) in [5.41, 5.74) is 0.496. The summed E-state index contributed by atoms with van der Waals surface area (Å²) in [6.07, 6.45) is 2.55. The van der Waals surface area contributed by atoms with Gasteiger partial charge in [-0.1, -0.05) is 22.9 Å². The summed E-state index contributed by atoms with van der Waals surface area (Å²) in [6, 6.07) is 1.64. The Morgan fingerprint density at radius 2 is 2.62 bits per heavy atom. The highest BCUT2D eigenvalue weighted by Gasteiger charge is 2.07. The molecule has 0 radical (unpaired) electrons. The van der Waals surface area contributed by atoms with Crippen LogP contribution < -0.4 is 5.32 Å². The molecule has 0 saturated heterocycles. The van der Waals surface area contributed by atoms with E-state index in [-0.39, 0.29) is 5.91 Å². The second-order valence-corrected chi connectivity index (χ2v) is 3.98. The fraction of sp³-hybridized carbons (Fsp3) is 0.500. The second kappa shape index (κ2) is 5.01. The predicted octanol–water partition coefficient (Wildman–Crippen LogP) is 1.31. The molecule has 4 nitrogen and oxygen atoms in total. The van der Waals surface area contributed by atoms with Crippen LogP contribution in [-0.2, 0) is 0 Å². The lowest BCUT2D eigenvalue weighted by Crippen LogP contribution is -2.29. The molecule has 1 unspecified atom stereocenters. The monoisotopic (exact) mass is 245 g/mol. The first-order valence-electron chi connectivity index (χ1n) is 4.15. The van der Waals surface area contributed by atoms with Crippen LogP contribution in [0.15, 0.2) is 12.3 Å². The van der Waals surface area contributed by atoms with E-state index in [9.17, 15) is 4.79 Å². The predicted molar refractivity (Wildman–Crippen MR) is 53.9 cm³/mol. The highest BCUT2D eigenvalue weighted by atomic mass is 79.9. The number of H-pyrrole nitrogens is 1. The van der Waals surface area contributed by atoms with Crippen molar-refractivity contribution in [2.75, 3.05) is 6.54 Å². The average molecular weight is 246 g/mol. The van der Waals surface area contributed by atoms with Crippen LogP contribution in [0.1, 0.15) is 23.8 Å². The van der Waals surface area contributed by atoms with Crippen molar-refractivity contribution in [3.63, 3.8) is 0 Å². The molecule has 2 N–H and O–H groups in total. The Labute approximate surface area is 85.2 Å². The molecule has 0 spiro atoms. The Balaban J connectivity index is 2.35. The summed E-state index contributed by atoms with van der Waals surface area (Å²) in [5, 5.41) is 9.07. The van der Waals surface area contributed by atoms with Crippen LogP contribution in [0.5, 0.6) is 0 Å². The molecule has 1 rings (SSSR count). The van der Waals surface area contributed by atoms with E-state index in [2.05, 4.69) is 38.4 Å². The number of hydrogen-bond acceptors (Lipinski definition) is 2. The molecule has 1 aromatic rings. The van der Waals surface area contributed by atoms with Gasteiger partial charge >= 0.3 is 0 Å². The number of alkyl halides is 1. The Morgan fingerprint density at radius 1 is 1.85 bits per heavy atom. The van der Waals surface area contributed by atoms with E-state index in [1.54, 1.807) is 12.3 Å². The Bertz CT molecular complexity index is 260. The fourth-order valence-electron chi connectivity index (χ4n) is 0.825. The summed E-state index contributed by atoms with van der Waals surface area (Å²) >= 11 is 3.43. The number of nitrogens with zero attached hydrogens (tertiary/aromatic N) is 1. The van der Waals surface area contributed by atoms with Gasteiger partial charge in [0.2, 0.25) is 0 Å². The van der Waals surface area contributed by atoms with E-state index in [0.29, 0.717) is 17.1 Å². The fourth-order valence-corrected chi connectivity index (χ4v) is 0.987. The molecule has 0 aliphatic heterocycles. The Morgan fingerprint density at radius 3 is 3.15 bits per heavy atom. The molecule has 0 fully saturated rings. The molecule has 5 heteroatoms. The van der Waals surface area contributed by atoms with Gasteiger partial charge in [0.1, 0.15) is 5.69 Å². The van der Waals surface area contributed by atoms with E-state index < -0.39 is 0 Å². The Hall–Kier alpha value is -0.840. The molecular formula is C8H12BrN3O. The van der Waals surface area contributed by atoms with E-state index in [1.807, 2.05) is 0 Å². The molecule has 0 aliphatic rings. The molecule has 0 saturated carbocycles. The van der Waals surface area contributed by atoms with Crippen molar-refractivity contribution in [2.24, 2.45) is 0 Å². The van der Waals surface area contributed by atoms with Crippen LogP contribution in [0.3, 0.4) is 0 Å². The van der Waals surface area contributed by atoms with Crippen LogP contribution in [0.4, 0.5) is 0 Å². The summed E-state index contributed by atoms with van der Waals surface area (Å²) in [5.74, 6) is -0.115. The number of carbonyl (C=O) groups excluding carboxylic acids is 1. The third-order valence-electron chi connectivity index (χ3n) is 1.67. The quantitative estimate of drug-likeness (QED) is 0.787. The first-order chi connectivity index (χ1) is 6.24. The highest BCUT2D eigenvalue weighted by molar-refractivity contribution is 9.09. The molecule has 1 amide bonds. The van der Waals surface area contributed by atoms with Gasteiger partial charge in [-0.15, -0.1) is 0 Å². The van der Waals surface area contributed by atoms with E-state index in [1.165, 1.54) is 0 Å². The molecule has 0 aliphatic carbocycles. The van der Waals surface area contributed by atoms with Gasteiger partial charge in [-0.2, -0.15) is 5.10 Å². The third-order valence-corrected chi connectivity index (χ3v) is 2.64. The molecule has 0 aromatic carbocycles. The maximum atomic E-state index is 11.3. The SMILES string of the molecule is CCC(Br)CNC(=O)c1ccn[nH]1. The van der Waals surface area contributed by atoms with Crippen LogP contribution in [0, 0.1) is 0 Å². The highest BCUT2D eigenvalue weighted by Crippen LogP contribution is 2.02. The average Bonchev–Trinajstić information content (AvgIpc) is 2.66. The lowest BCUT2D eigenvalue weighted by molar-refractivity contribution is 0.0949. The van der Waals surface area contributed by atoms with Gasteiger partial charge in [0, 0.05) is 17.6 Å². The minimum absolute atomic E-state index is 0.115. The summed E-state index contributed by atoms with van der Waals surface area (Å²) in [4.78, 5) is 11.7. The Kier molecular flexibility index (Phi) is 3.95. The molecule has 13 heavy (non-hydrogen) atoms. The number of carbonyl (C=O) groups is 1. The largest absolute Gasteiger partial charge is 0.350 e. The molecule has 1 heterocycles. The second-order valence-electron chi connectivity index (χ2n) is 2.69. The number of halogens is 1. The van der Waals surface area contributed by atoms with Gasteiger partial charge in [-0.25, -0.2) is 0 Å². The number of amides is 1. The van der Waals surface area contributed by atoms with Gasteiger partial charge < -0.3 is 5.32 Å². The lowest BCUT2D eigenvalue weighted by Gasteiger charge is -2.07. The number of rotatable bonds is 4. The van der Waals surface area contributed by atoms with Gasteiger partial charge in [-0.05, 0) is 12.5 Å². The normalized spacial score (nSPS) is 12.5.